The molecule has 0 aliphatic rings. The van der Waals surface area contributed by atoms with E-state index in [1.54, 1.807) is 0 Å². The molecule has 7 heteroatoms. The van der Waals surface area contributed by atoms with E-state index in [0.29, 0.717) is 0 Å². The van der Waals surface area contributed by atoms with E-state index in [2.05, 4.69) is 4.74 Å². The van der Waals surface area contributed by atoms with Gasteiger partial charge in [-0.25, -0.2) is 13.4 Å². The SMILES string of the molecule is COC(=O)c1ccc(F)c(NS(=O)O)c1. The summed E-state index contributed by atoms with van der Waals surface area (Å²) in [5.74, 6) is -1.38. The Kier molecular flexibility index (Phi) is 3.75. The highest BCUT2D eigenvalue weighted by Crippen LogP contribution is 2.16. The van der Waals surface area contributed by atoms with Gasteiger partial charge in [-0.15, -0.1) is 0 Å². The normalized spacial score (nSPS) is 11.9. The lowest BCUT2D eigenvalue weighted by molar-refractivity contribution is 0.0600. The van der Waals surface area contributed by atoms with Crippen LogP contribution in [0.25, 0.3) is 0 Å². The quantitative estimate of drug-likeness (QED) is 0.606. The molecule has 0 radical (unpaired) electrons. The first-order chi connectivity index (χ1) is 7.04. The van der Waals surface area contributed by atoms with E-state index in [-0.39, 0.29) is 11.3 Å². The van der Waals surface area contributed by atoms with Gasteiger partial charge in [0, 0.05) is 0 Å². The lowest BCUT2D eigenvalue weighted by Gasteiger charge is -2.05. The highest BCUT2D eigenvalue weighted by atomic mass is 32.2. The number of nitrogens with one attached hydrogen (secondary N) is 1. The average molecular weight is 233 g/mol. The third-order valence-corrected chi connectivity index (χ3v) is 1.98. The number of esters is 1. The molecule has 0 aliphatic carbocycles. The first kappa shape index (κ1) is 11.6. The van der Waals surface area contributed by atoms with Crippen LogP contribution < -0.4 is 4.72 Å². The highest BCUT2D eigenvalue weighted by molar-refractivity contribution is 7.80. The average Bonchev–Trinajstić information content (AvgIpc) is 2.19. The summed E-state index contributed by atoms with van der Waals surface area (Å²) in [6.07, 6.45) is 0. The molecule has 5 nitrogen and oxygen atoms in total. The van der Waals surface area contributed by atoms with Crippen LogP contribution in [0.3, 0.4) is 0 Å². The number of carbonyl (C=O) groups is 1. The van der Waals surface area contributed by atoms with Crippen LogP contribution in [-0.4, -0.2) is 21.8 Å². The van der Waals surface area contributed by atoms with Crippen molar-refractivity contribution in [2.24, 2.45) is 0 Å². The van der Waals surface area contributed by atoms with Crippen LogP contribution in [-0.2, 0) is 16.0 Å². The van der Waals surface area contributed by atoms with E-state index in [1.807, 2.05) is 4.72 Å². The number of benzene rings is 1. The second-order valence-corrected chi connectivity index (χ2v) is 3.24. The Balaban J connectivity index is 3.05. The Hall–Kier alpha value is -1.47. The van der Waals surface area contributed by atoms with Crippen molar-refractivity contribution in [3.63, 3.8) is 0 Å². The van der Waals surface area contributed by atoms with E-state index in [1.165, 1.54) is 13.2 Å². The first-order valence-corrected chi connectivity index (χ1v) is 4.90. The van der Waals surface area contributed by atoms with Gasteiger partial charge in [0.15, 0.2) is 0 Å². The van der Waals surface area contributed by atoms with Crippen LogP contribution in [0.1, 0.15) is 10.4 Å². The predicted octanol–water partition coefficient (Wildman–Crippen LogP) is 1.16. The van der Waals surface area contributed by atoms with Gasteiger partial charge in [0.1, 0.15) is 5.82 Å². The molecule has 1 aromatic carbocycles. The van der Waals surface area contributed by atoms with Gasteiger partial charge in [-0.1, -0.05) is 0 Å². The maximum atomic E-state index is 13.0. The van der Waals surface area contributed by atoms with Crippen molar-refractivity contribution in [1.82, 2.24) is 0 Å². The number of halogens is 1. The van der Waals surface area contributed by atoms with Gasteiger partial charge < -0.3 is 4.74 Å². The molecule has 0 aromatic heterocycles. The molecule has 1 atom stereocenters. The molecule has 2 N–H and O–H groups in total. The van der Waals surface area contributed by atoms with Gasteiger partial charge in [-0.05, 0) is 18.2 Å². The zero-order valence-corrected chi connectivity index (χ0v) is 8.51. The number of carbonyl (C=O) groups excluding carboxylic acids is 1. The van der Waals surface area contributed by atoms with Crippen LogP contribution in [0.4, 0.5) is 10.1 Å². The van der Waals surface area contributed by atoms with Crippen LogP contribution >= 0.6 is 0 Å². The molecule has 0 aliphatic heterocycles. The van der Waals surface area contributed by atoms with Gasteiger partial charge in [0.2, 0.25) is 0 Å². The topological polar surface area (TPSA) is 75.6 Å². The van der Waals surface area contributed by atoms with Crippen molar-refractivity contribution in [1.29, 1.82) is 0 Å². The van der Waals surface area contributed by atoms with Crippen LogP contribution in [0.2, 0.25) is 0 Å². The van der Waals surface area contributed by atoms with E-state index in [4.69, 9.17) is 4.55 Å². The minimum atomic E-state index is -2.39. The molecule has 0 saturated heterocycles. The molecule has 0 bridgehead atoms. The smallest absolute Gasteiger partial charge is 0.337 e. The monoisotopic (exact) mass is 233 g/mol. The number of hydrogen-bond donors (Lipinski definition) is 2. The summed E-state index contributed by atoms with van der Waals surface area (Å²) in [4.78, 5) is 11.1. The molecule has 0 spiro atoms. The molecule has 15 heavy (non-hydrogen) atoms. The summed E-state index contributed by atoms with van der Waals surface area (Å²) in [6.45, 7) is 0. The maximum absolute atomic E-state index is 13.0. The number of rotatable bonds is 3. The Morgan fingerprint density at radius 2 is 2.27 bits per heavy atom. The number of anilines is 1. The second kappa shape index (κ2) is 4.85. The minimum absolute atomic E-state index is 0.0897. The molecule has 82 valence electrons. The Morgan fingerprint density at radius 1 is 1.60 bits per heavy atom. The Labute approximate surface area is 87.7 Å². The maximum Gasteiger partial charge on any atom is 0.337 e. The molecule has 0 amide bonds. The Bertz CT molecular complexity index is 410. The third kappa shape index (κ3) is 3.00. The van der Waals surface area contributed by atoms with Crippen molar-refractivity contribution >= 4 is 22.9 Å². The van der Waals surface area contributed by atoms with Crippen LogP contribution in [0, 0.1) is 5.82 Å². The standard InChI is InChI=1S/C8H8FNO4S/c1-14-8(11)5-2-3-6(9)7(4-5)10-15(12)13/h2-4,10H,1H3,(H,12,13). The summed E-state index contributed by atoms with van der Waals surface area (Å²) in [5, 5.41) is 0. The summed E-state index contributed by atoms with van der Waals surface area (Å²) in [5.41, 5.74) is -0.148. The largest absolute Gasteiger partial charge is 0.465 e. The van der Waals surface area contributed by atoms with E-state index in [0.717, 1.165) is 12.1 Å². The fraction of sp³-hybridized carbons (Fsp3) is 0.125. The lowest BCUT2D eigenvalue weighted by Crippen LogP contribution is -2.07. The highest BCUT2D eigenvalue weighted by Gasteiger charge is 2.10. The van der Waals surface area contributed by atoms with Gasteiger partial charge >= 0.3 is 5.97 Å². The molecule has 1 unspecified atom stereocenters. The van der Waals surface area contributed by atoms with Gasteiger partial charge in [-0.3, -0.25) is 9.27 Å². The first-order valence-electron chi connectivity index (χ1n) is 3.80. The second-order valence-electron chi connectivity index (χ2n) is 2.54. The van der Waals surface area contributed by atoms with E-state index in [9.17, 15) is 13.4 Å². The number of methoxy groups -OCH3 is 1. The van der Waals surface area contributed by atoms with Gasteiger partial charge in [-0.2, -0.15) is 0 Å². The zero-order chi connectivity index (χ0) is 11.4. The van der Waals surface area contributed by atoms with Crippen molar-refractivity contribution in [2.45, 2.75) is 0 Å². The molecule has 1 aromatic rings. The van der Waals surface area contributed by atoms with Gasteiger partial charge in [0.25, 0.3) is 11.3 Å². The molecule has 0 saturated carbocycles. The van der Waals surface area contributed by atoms with Crippen molar-refractivity contribution in [3.8, 4) is 0 Å². The van der Waals surface area contributed by atoms with Crippen molar-refractivity contribution in [2.75, 3.05) is 11.8 Å². The minimum Gasteiger partial charge on any atom is -0.465 e. The fourth-order valence-electron chi connectivity index (χ4n) is 0.942. The molecule has 0 fully saturated rings. The van der Waals surface area contributed by atoms with Crippen molar-refractivity contribution < 1.29 is 22.7 Å². The number of ether oxygens (including phenoxy) is 1. The molecular weight excluding hydrogens is 225 g/mol. The van der Waals surface area contributed by atoms with Crippen LogP contribution in [0.15, 0.2) is 18.2 Å². The summed E-state index contributed by atoms with van der Waals surface area (Å²) in [7, 11) is 1.18. The van der Waals surface area contributed by atoms with Crippen molar-refractivity contribution in [3.05, 3.63) is 29.6 Å². The predicted molar refractivity (Wildman–Crippen MR) is 52.1 cm³/mol. The van der Waals surface area contributed by atoms with Gasteiger partial charge in [0.05, 0.1) is 18.4 Å². The summed E-state index contributed by atoms with van der Waals surface area (Å²) in [6, 6.07) is 3.31. The van der Waals surface area contributed by atoms with Crippen LogP contribution in [0.5, 0.6) is 0 Å². The molecule has 1 rings (SSSR count). The zero-order valence-electron chi connectivity index (χ0n) is 7.69. The third-order valence-electron chi connectivity index (χ3n) is 1.58. The molecular formula is C8H8FNO4S. The lowest BCUT2D eigenvalue weighted by atomic mass is 10.2. The Morgan fingerprint density at radius 3 is 2.80 bits per heavy atom. The number of hydrogen-bond acceptors (Lipinski definition) is 3. The molecule has 0 heterocycles. The van der Waals surface area contributed by atoms with E-state index < -0.39 is 23.1 Å². The van der Waals surface area contributed by atoms with E-state index >= 15 is 0 Å². The summed E-state index contributed by atoms with van der Waals surface area (Å²) >= 11 is -2.39. The summed E-state index contributed by atoms with van der Waals surface area (Å²) < 4.78 is 38.3. The fourth-order valence-corrected chi connectivity index (χ4v) is 1.29.